The summed E-state index contributed by atoms with van der Waals surface area (Å²) in [4.78, 5) is 21.6. The maximum atomic E-state index is 10.8. The third-order valence-corrected chi connectivity index (χ3v) is 3.29. The zero-order valence-corrected chi connectivity index (χ0v) is 7.51. The topological polar surface area (TPSA) is 80.3 Å². The Hall–Kier alpha value is -1.32. The van der Waals surface area contributed by atoms with Crippen molar-refractivity contribution in [1.29, 1.82) is 0 Å². The fourth-order valence-corrected chi connectivity index (χ4v) is 2.64. The number of fused-ring (bicyclic) bond motifs is 2. The summed E-state index contributed by atoms with van der Waals surface area (Å²) in [6.07, 6.45) is 5.08. The average Bonchev–Trinajstić information content (AvgIpc) is 2.17. The molecule has 3 rings (SSSR count). The maximum Gasteiger partial charge on any atom is 0.0457 e. The molecule has 4 heteroatoms. The standard InChI is InChI=1S/C10H12O4/c11-9(12)7-5-1-2-6(4-3-5)8(7)10(13)14/h1-2,5-8H,3-4H2,(H,11,12)(H,13,14)/p-2/t5-,6+,7-,8+. The van der Waals surface area contributed by atoms with Gasteiger partial charge in [0.05, 0.1) is 0 Å². The molecule has 1 saturated carbocycles. The van der Waals surface area contributed by atoms with Gasteiger partial charge < -0.3 is 19.8 Å². The van der Waals surface area contributed by atoms with E-state index in [1.165, 1.54) is 0 Å². The largest absolute Gasteiger partial charge is 0.550 e. The molecule has 0 N–H and O–H groups in total. The van der Waals surface area contributed by atoms with Crippen LogP contribution >= 0.6 is 0 Å². The van der Waals surface area contributed by atoms with Crippen LogP contribution in [0.3, 0.4) is 0 Å². The summed E-state index contributed by atoms with van der Waals surface area (Å²) < 4.78 is 0. The first-order valence-electron chi connectivity index (χ1n) is 4.71. The van der Waals surface area contributed by atoms with E-state index in [9.17, 15) is 19.8 Å². The molecule has 0 radical (unpaired) electrons. The van der Waals surface area contributed by atoms with Crippen LogP contribution in [0, 0.1) is 23.7 Å². The van der Waals surface area contributed by atoms with Crippen LogP contribution in [0.2, 0.25) is 0 Å². The Labute approximate surface area is 81.2 Å². The highest BCUT2D eigenvalue weighted by molar-refractivity contribution is 5.79. The highest BCUT2D eigenvalue weighted by Crippen LogP contribution is 2.44. The first-order chi connectivity index (χ1) is 6.61. The second-order valence-corrected chi connectivity index (χ2v) is 3.98. The van der Waals surface area contributed by atoms with E-state index in [2.05, 4.69) is 0 Å². The van der Waals surface area contributed by atoms with Crippen LogP contribution in [0.1, 0.15) is 12.8 Å². The monoisotopic (exact) mass is 194 g/mol. The fraction of sp³-hybridized carbons (Fsp3) is 0.600. The number of hydrogen-bond donors (Lipinski definition) is 0. The highest BCUT2D eigenvalue weighted by atomic mass is 16.4. The summed E-state index contributed by atoms with van der Waals surface area (Å²) >= 11 is 0. The number of rotatable bonds is 2. The number of carboxylic acids is 2. The molecular formula is C10H10O4-2. The van der Waals surface area contributed by atoms with Crippen molar-refractivity contribution in [2.24, 2.45) is 23.7 Å². The Morgan fingerprint density at radius 2 is 1.29 bits per heavy atom. The smallest absolute Gasteiger partial charge is 0.0457 e. The van der Waals surface area contributed by atoms with Gasteiger partial charge in [0.2, 0.25) is 0 Å². The molecule has 0 aliphatic heterocycles. The molecule has 3 aliphatic carbocycles. The van der Waals surface area contributed by atoms with Crippen LogP contribution in [-0.4, -0.2) is 11.9 Å². The van der Waals surface area contributed by atoms with E-state index in [4.69, 9.17) is 0 Å². The van der Waals surface area contributed by atoms with Gasteiger partial charge in [-0.05, 0) is 24.7 Å². The van der Waals surface area contributed by atoms with Crippen molar-refractivity contribution in [3.05, 3.63) is 12.2 Å². The van der Waals surface area contributed by atoms with Crippen molar-refractivity contribution in [2.45, 2.75) is 12.8 Å². The van der Waals surface area contributed by atoms with E-state index < -0.39 is 23.8 Å². The lowest BCUT2D eigenvalue weighted by molar-refractivity contribution is -0.331. The van der Waals surface area contributed by atoms with E-state index in [0.29, 0.717) is 0 Å². The van der Waals surface area contributed by atoms with Crippen molar-refractivity contribution < 1.29 is 19.8 Å². The molecule has 4 atom stereocenters. The lowest BCUT2D eigenvalue weighted by Gasteiger charge is -2.45. The SMILES string of the molecule is O=C([O-])[C@@H]1[C@H](C(=O)[O-])[C@@H]2C=C[C@H]1CC2. The van der Waals surface area contributed by atoms with E-state index in [1.807, 2.05) is 0 Å². The Kier molecular flexibility index (Phi) is 2.06. The van der Waals surface area contributed by atoms with Crippen LogP contribution in [0.5, 0.6) is 0 Å². The van der Waals surface area contributed by atoms with Gasteiger partial charge in [0.15, 0.2) is 0 Å². The van der Waals surface area contributed by atoms with Gasteiger partial charge in [-0.3, -0.25) is 0 Å². The van der Waals surface area contributed by atoms with Gasteiger partial charge in [0.25, 0.3) is 0 Å². The van der Waals surface area contributed by atoms with Crippen LogP contribution in [0.25, 0.3) is 0 Å². The number of carbonyl (C=O) groups excluding carboxylic acids is 2. The summed E-state index contributed by atoms with van der Waals surface area (Å²) in [6, 6.07) is 0. The quantitative estimate of drug-likeness (QED) is 0.491. The van der Waals surface area contributed by atoms with Crippen LogP contribution in [-0.2, 0) is 9.59 Å². The normalized spacial score (nSPS) is 39.7. The van der Waals surface area contributed by atoms with Gasteiger partial charge in [-0.25, -0.2) is 0 Å². The minimum Gasteiger partial charge on any atom is -0.550 e. The zero-order valence-electron chi connectivity index (χ0n) is 7.51. The van der Waals surface area contributed by atoms with Crippen molar-refractivity contribution in [1.82, 2.24) is 0 Å². The van der Waals surface area contributed by atoms with Gasteiger partial charge in [0, 0.05) is 23.8 Å². The average molecular weight is 194 g/mol. The second kappa shape index (κ2) is 3.12. The molecule has 3 aliphatic rings. The molecule has 0 aromatic carbocycles. The Balaban J connectivity index is 2.33. The molecule has 1 fully saturated rings. The summed E-state index contributed by atoms with van der Waals surface area (Å²) in [5, 5.41) is 21.6. The summed E-state index contributed by atoms with van der Waals surface area (Å²) in [5.41, 5.74) is 0. The molecule has 76 valence electrons. The van der Waals surface area contributed by atoms with Crippen LogP contribution in [0.4, 0.5) is 0 Å². The number of allylic oxidation sites excluding steroid dienone is 2. The van der Waals surface area contributed by atoms with E-state index in [1.54, 1.807) is 12.2 Å². The summed E-state index contributed by atoms with van der Waals surface area (Å²) in [5.74, 6) is -4.70. The minimum absolute atomic E-state index is 0.187. The van der Waals surface area contributed by atoms with E-state index >= 15 is 0 Å². The molecule has 0 saturated heterocycles. The maximum absolute atomic E-state index is 10.8. The molecule has 4 nitrogen and oxygen atoms in total. The van der Waals surface area contributed by atoms with E-state index in [-0.39, 0.29) is 11.8 Å². The lowest BCUT2D eigenvalue weighted by Crippen LogP contribution is -2.53. The van der Waals surface area contributed by atoms with E-state index in [0.717, 1.165) is 12.8 Å². The first-order valence-corrected chi connectivity index (χ1v) is 4.71. The summed E-state index contributed by atoms with van der Waals surface area (Å²) in [7, 11) is 0. The minimum atomic E-state index is -1.27. The van der Waals surface area contributed by atoms with Crippen LogP contribution < -0.4 is 10.2 Å². The molecule has 0 unspecified atom stereocenters. The third-order valence-electron chi connectivity index (χ3n) is 3.29. The van der Waals surface area contributed by atoms with Crippen molar-refractivity contribution in [2.75, 3.05) is 0 Å². The van der Waals surface area contributed by atoms with Crippen molar-refractivity contribution >= 4 is 11.9 Å². The Morgan fingerprint density at radius 1 is 0.929 bits per heavy atom. The van der Waals surface area contributed by atoms with Crippen molar-refractivity contribution in [3.8, 4) is 0 Å². The molecular weight excluding hydrogens is 184 g/mol. The molecule has 2 bridgehead atoms. The Morgan fingerprint density at radius 3 is 1.50 bits per heavy atom. The summed E-state index contributed by atoms with van der Waals surface area (Å²) in [6.45, 7) is 0. The molecule has 0 heterocycles. The fourth-order valence-electron chi connectivity index (χ4n) is 2.64. The Bertz CT molecular complexity index is 277. The van der Waals surface area contributed by atoms with Gasteiger partial charge in [-0.1, -0.05) is 12.2 Å². The number of carboxylic acid groups (broad SMARTS) is 2. The lowest BCUT2D eigenvalue weighted by atomic mass is 9.62. The predicted molar refractivity (Wildman–Crippen MR) is 42.3 cm³/mol. The second-order valence-electron chi connectivity index (χ2n) is 3.98. The van der Waals surface area contributed by atoms with Gasteiger partial charge >= 0.3 is 0 Å². The van der Waals surface area contributed by atoms with Gasteiger partial charge in [-0.15, -0.1) is 0 Å². The van der Waals surface area contributed by atoms with Crippen LogP contribution in [0.15, 0.2) is 12.2 Å². The van der Waals surface area contributed by atoms with Gasteiger partial charge in [-0.2, -0.15) is 0 Å². The predicted octanol–water partition coefficient (Wildman–Crippen LogP) is -1.69. The molecule has 0 aromatic rings. The van der Waals surface area contributed by atoms with Gasteiger partial charge in [0.1, 0.15) is 0 Å². The number of hydrogen-bond acceptors (Lipinski definition) is 4. The third kappa shape index (κ3) is 1.22. The highest BCUT2D eigenvalue weighted by Gasteiger charge is 2.41. The number of carbonyl (C=O) groups is 2. The molecule has 0 amide bonds. The molecule has 0 aromatic heterocycles. The first kappa shape index (κ1) is 9.24. The number of aliphatic carboxylic acids is 2. The molecule has 0 spiro atoms. The molecule has 14 heavy (non-hydrogen) atoms. The zero-order chi connectivity index (χ0) is 10.3. The van der Waals surface area contributed by atoms with Crippen molar-refractivity contribution in [3.63, 3.8) is 0 Å².